The molecule has 0 spiro atoms. The number of methoxy groups -OCH3 is 1. The van der Waals surface area contributed by atoms with Crippen LogP contribution in [0.4, 0.5) is 0 Å². The lowest BCUT2D eigenvalue weighted by atomic mass is 10.4. The molecule has 1 amide bonds. The highest BCUT2D eigenvalue weighted by molar-refractivity contribution is 5.84. The summed E-state index contributed by atoms with van der Waals surface area (Å²) in [4.78, 5) is 25.4. The molecule has 0 aliphatic carbocycles. The van der Waals surface area contributed by atoms with E-state index >= 15 is 0 Å². The second-order valence-electron chi connectivity index (χ2n) is 3.39. The Balaban J connectivity index is 2.26. The van der Waals surface area contributed by atoms with Gasteiger partial charge in [0.1, 0.15) is 0 Å². The van der Waals surface area contributed by atoms with Crippen molar-refractivity contribution in [3.8, 4) is 0 Å². The van der Waals surface area contributed by atoms with Gasteiger partial charge in [-0.15, -0.1) is 0 Å². The molecule has 94 valence electrons. The monoisotopic (exact) mass is 241 g/mol. The molecule has 0 bridgehead atoms. The standard InChI is InChI=1S/C10H15N3O4/c1-17-5-2-9(14)11-3-4-13-6-8(10(15)16)12-7-13/h6-7H,2-5H2,1H3,(H,11,14)(H,15,16). The fraction of sp³-hybridized carbons (Fsp3) is 0.500. The molecule has 0 saturated carbocycles. The first-order valence-corrected chi connectivity index (χ1v) is 5.14. The molecule has 1 aromatic rings. The number of aromatic carboxylic acids is 1. The fourth-order valence-corrected chi connectivity index (χ4v) is 1.20. The number of nitrogens with zero attached hydrogens (tertiary/aromatic N) is 2. The third kappa shape index (κ3) is 4.64. The molecular weight excluding hydrogens is 226 g/mol. The van der Waals surface area contributed by atoms with Gasteiger partial charge < -0.3 is 19.7 Å². The van der Waals surface area contributed by atoms with E-state index in [-0.39, 0.29) is 11.6 Å². The van der Waals surface area contributed by atoms with Crippen molar-refractivity contribution < 1.29 is 19.4 Å². The molecule has 1 heterocycles. The number of imidazole rings is 1. The van der Waals surface area contributed by atoms with Crippen LogP contribution >= 0.6 is 0 Å². The zero-order chi connectivity index (χ0) is 12.7. The molecule has 2 N–H and O–H groups in total. The molecule has 1 aromatic heterocycles. The van der Waals surface area contributed by atoms with E-state index in [4.69, 9.17) is 9.84 Å². The maximum absolute atomic E-state index is 11.2. The number of carboxylic acid groups (broad SMARTS) is 1. The van der Waals surface area contributed by atoms with E-state index in [1.807, 2.05) is 0 Å². The normalized spacial score (nSPS) is 10.2. The molecule has 0 atom stereocenters. The van der Waals surface area contributed by atoms with Crippen LogP contribution in [-0.4, -0.2) is 46.8 Å². The largest absolute Gasteiger partial charge is 0.476 e. The summed E-state index contributed by atoms with van der Waals surface area (Å²) in [6.07, 6.45) is 3.16. The topological polar surface area (TPSA) is 93.5 Å². The number of hydrogen-bond donors (Lipinski definition) is 2. The maximum Gasteiger partial charge on any atom is 0.356 e. The van der Waals surface area contributed by atoms with Gasteiger partial charge in [-0.2, -0.15) is 0 Å². The van der Waals surface area contributed by atoms with Crippen LogP contribution in [-0.2, 0) is 16.1 Å². The predicted octanol–water partition coefficient (Wildman–Crippen LogP) is -0.266. The molecule has 0 unspecified atom stereocenters. The molecule has 0 aromatic carbocycles. The SMILES string of the molecule is COCCC(=O)NCCn1cnc(C(=O)O)c1. The van der Waals surface area contributed by atoms with Crippen molar-refractivity contribution in [2.24, 2.45) is 0 Å². The van der Waals surface area contributed by atoms with Gasteiger partial charge in [0.25, 0.3) is 0 Å². The Kier molecular flexibility index (Phi) is 5.15. The van der Waals surface area contributed by atoms with Crippen molar-refractivity contribution in [2.75, 3.05) is 20.3 Å². The number of amides is 1. The lowest BCUT2D eigenvalue weighted by Gasteiger charge is -2.05. The Morgan fingerprint density at radius 1 is 1.59 bits per heavy atom. The van der Waals surface area contributed by atoms with Crippen LogP contribution in [0.2, 0.25) is 0 Å². The molecule has 0 saturated heterocycles. The van der Waals surface area contributed by atoms with E-state index < -0.39 is 5.97 Å². The fourth-order valence-electron chi connectivity index (χ4n) is 1.20. The van der Waals surface area contributed by atoms with E-state index in [0.29, 0.717) is 26.1 Å². The second-order valence-corrected chi connectivity index (χ2v) is 3.39. The Morgan fingerprint density at radius 3 is 2.94 bits per heavy atom. The van der Waals surface area contributed by atoms with Crippen LogP contribution in [0.5, 0.6) is 0 Å². The van der Waals surface area contributed by atoms with E-state index in [2.05, 4.69) is 10.3 Å². The zero-order valence-electron chi connectivity index (χ0n) is 9.55. The van der Waals surface area contributed by atoms with Gasteiger partial charge in [0.2, 0.25) is 5.91 Å². The Morgan fingerprint density at radius 2 is 2.35 bits per heavy atom. The molecule has 7 nitrogen and oxygen atoms in total. The van der Waals surface area contributed by atoms with E-state index in [0.717, 1.165) is 0 Å². The van der Waals surface area contributed by atoms with Crippen LogP contribution in [0, 0.1) is 0 Å². The lowest BCUT2D eigenvalue weighted by Crippen LogP contribution is -2.27. The second kappa shape index (κ2) is 6.64. The molecule has 0 radical (unpaired) electrons. The number of carbonyl (C=O) groups is 2. The number of nitrogens with one attached hydrogen (secondary N) is 1. The molecule has 0 aliphatic heterocycles. The first-order valence-electron chi connectivity index (χ1n) is 5.14. The summed E-state index contributed by atoms with van der Waals surface area (Å²) >= 11 is 0. The average molecular weight is 241 g/mol. The molecular formula is C10H15N3O4. The summed E-state index contributed by atoms with van der Waals surface area (Å²) in [5.41, 5.74) is -0.00397. The molecule has 0 fully saturated rings. The third-order valence-electron chi connectivity index (χ3n) is 2.08. The molecule has 7 heteroatoms. The van der Waals surface area contributed by atoms with Gasteiger partial charge in [-0.25, -0.2) is 9.78 Å². The van der Waals surface area contributed by atoms with Crippen molar-refractivity contribution in [3.63, 3.8) is 0 Å². The Labute approximate surface area is 98.4 Å². The molecule has 1 rings (SSSR count). The van der Waals surface area contributed by atoms with E-state index in [9.17, 15) is 9.59 Å². The van der Waals surface area contributed by atoms with Gasteiger partial charge in [-0.3, -0.25) is 4.79 Å². The highest BCUT2D eigenvalue weighted by Crippen LogP contribution is 1.95. The number of hydrogen-bond acceptors (Lipinski definition) is 4. The summed E-state index contributed by atoms with van der Waals surface area (Å²) < 4.78 is 6.38. The van der Waals surface area contributed by atoms with Crippen LogP contribution < -0.4 is 5.32 Å². The summed E-state index contributed by atoms with van der Waals surface area (Å²) in [7, 11) is 1.53. The Bertz CT molecular complexity index is 389. The minimum absolute atomic E-state index is 0.00397. The highest BCUT2D eigenvalue weighted by Gasteiger charge is 2.06. The average Bonchev–Trinajstić information content (AvgIpc) is 2.75. The van der Waals surface area contributed by atoms with Gasteiger partial charge >= 0.3 is 5.97 Å². The summed E-state index contributed by atoms with van der Waals surface area (Å²) in [6, 6.07) is 0. The number of ether oxygens (including phenoxy) is 1. The molecule has 0 aliphatic rings. The lowest BCUT2D eigenvalue weighted by molar-refractivity contribution is -0.121. The predicted molar refractivity (Wildman–Crippen MR) is 58.7 cm³/mol. The maximum atomic E-state index is 11.2. The van der Waals surface area contributed by atoms with Crippen molar-refractivity contribution in [2.45, 2.75) is 13.0 Å². The first kappa shape index (κ1) is 13.2. The van der Waals surface area contributed by atoms with Crippen LogP contribution in [0.25, 0.3) is 0 Å². The minimum Gasteiger partial charge on any atom is -0.476 e. The molecule has 17 heavy (non-hydrogen) atoms. The van der Waals surface area contributed by atoms with Crippen molar-refractivity contribution in [1.82, 2.24) is 14.9 Å². The number of carboxylic acids is 1. The van der Waals surface area contributed by atoms with Crippen LogP contribution in [0.1, 0.15) is 16.9 Å². The summed E-state index contributed by atoms with van der Waals surface area (Å²) in [5.74, 6) is -1.15. The van der Waals surface area contributed by atoms with Crippen LogP contribution in [0.15, 0.2) is 12.5 Å². The van der Waals surface area contributed by atoms with Crippen molar-refractivity contribution in [1.29, 1.82) is 0 Å². The third-order valence-corrected chi connectivity index (χ3v) is 2.08. The smallest absolute Gasteiger partial charge is 0.356 e. The summed E-state index contributed by atoms with van der Waals surface area (Å²) in [5, 5.41) is 11.3. The van der Waals surface area contributed by atoms with E-state index in [1.165, 1.54) is 19.6 Å². The van der Waals surface area contributed by atoms with Gasteiger partial charge in [-0.1, -0.05) is 0 Å². The number of rotatable bonds is 7. The number of carbonyl (C=O) groups excluding carboxylic acids is 1. The van der Waals surface area contributed by atoms with Gasteiger partial charge in [-0.05, 0) is 0 Å². The summed E-state index contributed by atoms with van der Waals surface area (Å²) in [6.45, 7) is 1.30. The zero-order valence-corrected chi connectivity index (χ0v) is 9.55. The van der Waals surface area contributed by atoms with Gasteiger partial charge in [0.15, 0.2) is 5.69 Å². The highest BCUT2D eigenvalue weighted by atomic mass is 16.5. The first-order chi connectivity index (χ1) is 8.13. The quantitative estimate of drug-likeness (QED) is 0.685. The van der Waals surface area contributed by atoms with E-state index in [1.54, 1.807) is 4.57 Å². The minimum atomic E-state index is -1.06. The number of aromatic nitrogens is 2. The van der Waals surface area contributed by atoms with Gasteiger partial charge in [0, 0.05) is 32.8 Å². The Hall–Kier alpha value is -1.89. The van der Waals surface area contributed by atoms with Gasteiger partial charge in [0.05, 0.1) is 12.9 Å². The van der Waals surface area contributed by atoms with Crippen molar-refractivity contribution >= 4 is 11.9 Å². The van der Waals surface area contributed by atoms with Crippen LogP contribution in [0.3, 0.4) is 0 Å². The van der Waals surface area contributed by atoms with Crippen molar-refractivity contribution in [3.05, 3.63) is 18.2 Å².